The normalized spacial score (nSPS) is 13.6. The summed E-state index contributed by atoms with van der Waals surface area (Å²) >= 11 is 5.52. The zero-order valence-electron chi connectivity index (χ0n) is 9.41. The summed E-state index contributed by atoms with van der Waals surface area (Å²) in [7, 11) is -2.21. The number of halogens is 2. The molecule has 1 N–H and O–H groups in total. The monoisotopic (exact) mass is 281 g/mol. The number of hydrogen-bond donors (Lipinski definition) is 1. The van der Waals surface area contributed by atoms with Crippen molar-refractivity contribution in [3.8, 4) is 0 Å². The third-order valence-electron chi connectivity index (χ3n) is 2.16. The smallest absolute Gasteiger partial charge is 0.240 e. The van der Waals surface area contributed by atoms with Gasteiger partial charge in [0.2, 0.25) is 10.0 Å². The van der Waals surface area contributed by atoms with Crippen LogP contribution in [0.4, 0.5) is 4.39 Å². The van der Waals surface area contributed by atoms with Gasteiger partial charge in [0.15, 0.2) is 0 Å². The Balaban J connectivity index is 2.86. The summed E-state index contributed by atoms with van der Waals surface area (Å²) in [6, 6.07) is 3.23. The predicted molar refractivity (Wildman–Crippen MR) is 63.1 cm³/mol. The maximum atomic E-state index is 12.9. The van der Waals surface area contributed by atoms with Gasteiger partial charge in [0.05, 0.1) is 16.0 Å². The molecule has 0 aliphatic rings. The Labute approximate surface area is 105 Å². The second kappa shape index (κ2) is 5.77. The molecule has 0 radical (unpaired) electrons. The van der Waals surface area contributed by atoms with Gasteiger partial charge in [-0.15, -0.1) is 0 Å². The lowest BCUT2D eigenvalue weighted by atomic mass is 10.3. The van der Waals surface area contributed by atoms with Gasteiger partial charge >= 0.3 is 0 Å². The fourth-order valence-electron chi connectivity index (χ4n) is 1.04. The highest BCUT2D eigenvalue weighted by Crippen LogP contribution is 2.19. The van der Waals surface area contributed by atoms with Crippen molar-refractivity contribution in [2.24, 2.45) is 0 Å². The molecule has 1 rings (SSSR count). The van der Waals surface area contributed by atoms with Crippen molar-refractivity contribution in [3.05, 3.63) is 29.0 Å². The van der Waals surface area contributed by atoms with Crippen molar-refractivity contribution in [1.82, 2.24) is 4.72 Å². The molecular formula is C10H13ClFNO3S. The fourth-order valence-corrected chi connectivity index (χ4v) is 2.42. The largest absolute Gasteiger partial charge is 0.380 e. The molecule has 1 aromatic carbocycles. The number of hydrogen-bond acceptors (Lipinski definition) is 3. The lowest BCUT2D eigenvalue weighted by Gasteiger charge is -2.11. The van der Waals surface area contributed by atoms with E-state index in [1.54, 1.807) is 6.92 Å². The Bertz CT molecular complexity index is 492. The van der Waals surface area contributed by atoms with Gasteiger partial charge in [-0.3, -0.25) is 0 Å². The van der Waals surface area contributed by atoms with Crippen LogP contribution in [0.3, 0.4) is 0 Å². The molecule has 17 heavy (non-hydrogen) atoms. The molecule has 0 fully saturated rings. The van der Waals surface area contributed by atoms with E-state index in [1.165, 1.54) is 7.11 Å². The average molecular weight is 282 g/mol. The number of rotatable bonds is 5. The van der Waals surface area contributed by atoms with Crippen molar-refractivity contribution in [2.75, 3.05) is 13.7 Å². The van der Waals surface area contributed by atoms with Gasteiger partial charge < -0.3 is 4.74 Å². The van der Waals surface area contributed by atoms with Gasteiger partial charge in [0, 0.05) is 13.7 Å². The van der Waals surface area contributed by atoms with Crippen LogP contribution in [0, 0.1) is 5.82 Å². The summed E-state index contributed by atoms with van der Waals surface area (Å²) in [4.78, 5) is -0.0767. The molecule has 0 aromatic heterocycles. The van der Waals surface area contributed by atoms with E-state index in [-0.39, 0.29) is 22.6 Å². The first-order chi connectivity index (χ1) is 7.86. The lowest BCUT2D eigenvalue weighted by molar-refractivity contribution is 0.122. The third-order valence-corrected chi connectivity index (χ3v) is 3.88. The second-order valence-corrected chi connectivity index (χ2v) is 5.65. The van der Waals surface area contributed by atoms with E-state index in [2.05, 4.69) is 4.72 Å². The molecule has 0 aliphatic carbocycles. The summed E-state index contributed by atoms with van der Waals surface area (Å²) in [6.45, 7) is 1.86. The first-order valence-electron chi connectivity index (χ1n) is 4.84. The van der Waals surface area contributed by atoms with Crippen LogP contribution in [-0.4, -0.2) is 28.2 Å². The van der Waals surface area contributed by atoms with E-state index in [4.69, 9.17) is 16.3 Å². The number of methoxy groups -OCH3 is 1. The number of ether oxygens (including phenoxy) is 1. The summed E-state index contributed by atoms with van der Waals surface area (Å²) < 4.78 is 43.7. The maximum Gasteiger partial charge on any atom is 0.240 e. The molecule has 1 unspecified atom stereocenters. The molecule has 0 aliphatic heterocycles. The second-order valence-electron chi connectivity index (χ2n) is 3.47. The summed E-state index contributed by atoms with van der Waals surface area (Å²) in [5.74, 6) is -0.657. The minimum atomic E-state index is -3.69. The van der Waals surface area contributed by atoms with Crippen LogP contribution in [0.2, 0.25) is 5.02 Å². The van der Waals surface area contributed by atoms with E-state index in [1.807, 2.05) is 0 Å². The van der Waals surface area contributed by atoms with Crippen LogP contribution in [0.5, 0.6) is 0 Å². The van der Waals surface area contributed by atoms with Gasteiger partial charge in [-0.2, -0.15) is 0 Å². The Morgan fingerprint density at radius 1 is 1.53 bits per heavy atom. The summed E-state index contributed by atoms with van der Waals surface area (Å²) in [5.41, 5.74) is 0. The predicted octanol–water partition coefficient (Wildman–Crippen LogP) is 1.79. The fraction of sp³-hybridized carbons (Fsp3) is 0.400. The highest BCUT2D eigenvalue weighted by atomic mass is 35.5. The van der Waals surface area contributed by atoms with Crippen molar-refractivity contribution in [1.29, 1.82) is 0 Å². The molecule has 1 aromatic rings. The van der Waals surface area contributed by atoms with Crippen LogP contribution in [-0.2, 0) is 14.8 Å². The first kappa shape index (κ1) is 14.4. The molecule has 4 nitrogen and oxygen atoms in total. The van der Waals surface area contributed by atoms with E-state index in [0.29, 0.717) is 0 Å². The Morgan fingerprint density at radius 3 is 2.71 bits per heavy atom. The molecule has 0 heterocycles. The SMILES string of the molecule is COC(C)CNS(=O)(=O)c1ccc(F)c(Cl)c1. The third kappa shape index (κ3) is 3.92. The standard InChI is InChI=1S/C10H13ClFNO3S/c1-7(16-2)6-13-17(14,15)8-3-4-10(12)9(11)5-8/h3-5,7,13H,6H2,1-2H3. The highest BCUT2D eigenvalue weighted by Gasteiger charge is 2.16. The molecule has 96 valence electrons. The molecule has 0 bridgehead atoms. The quantitative estimate of drug-likeness (QED) is 0.895. The molecule has 0 amide bonds. The summed E-state index contributed by atoms with van der Waals surface area (Å²) in [5, 5.41) is -0.229. The highest BCUT2D eigenvalue weighted by molar-refractivity contribution is 7.89. The Kier molecular flexibility index (Phi) is 4.88. The molecule has 1 atom stereocenters. The van der Waals surface area contributed by atoms with Crippen LogP contribution < -0.4 is 4.72 Å². The van der Waals surface area contributed by atoms with Gasteiger partial charge in [-0.25, -0.2) is 17.5 Å². The van der Waals surface area contributed by atoms with Crippen LogP contribution in [0.1, 0.15) is 6.92 Å². The van der Waals surface area contributed by atoms with E-state index < -0.39 is 15.8 Å². The van der Waals surface area contributed by atoms with Gasteiger partial charge in [0.1, 0.15) is 5.82 Å². The zero-order valence-corrected chi connectivity index (χ0v) is 11.0. The van der Waals surface area contributed by atoms with Gasteiger partial charge in [-0.1, -0.05) is 11.6 Å². The number of sulfonamides is 1. The van der Waals surface area contributed by atoms with Crippen LogP contribution in [0.15, 0.2) is 23.1 Å². The average Bonchev–Trinajstić information content (AvgIpc) is 2.29. The van der Waals surface area contributed by atoms with Gasteiger partial charge in [-0.05, 0) is 25.1 Å². The van der Waals surface area contributed by atoms with Crippen LogP contribution >= 0.6 is 11.6 Å². The van der Waals surface area contributed by atoms with E-state index in [9.17, 15) is 12.8 Å². The Hall–Kier alpha value is -0.690. The van der Waals surface area contributed by atoms with Crippen molar-refractivity contribution < 1.29 is 17.5 Å². The summed E-state index contributed by atoms with van der Waals surface area (Å²) in [6.07, 6.45) is -0.249. The lowest BCUT2D eigenvalue weighted by Crippen LogP contribution is -2.31. The van der Waals surface area contributed by atoms with Crippen molar-refractivity contribution >= 4 is 21.6 Å². The van der Waals surface area contributed by atoms with Gasteiger partial charge in [0.25, 0.3) is 0 Å². The van der Waals surface area contributed by atoms with Crippen LogP contribution in [0.25, 0.3) is 0 Å². The topological polar surface area (TPSA) is 55.4 Å². The molecule has 0 spiro atoms. The van der Waals surface area contributed by atoms with Crippen molar-refractivity contribution in [2.45, 2.75) is 17.9 Å². The van der Waals surface area contributed by atoms with E-state index in [0.717, 1.165) is 18.2 Å². The first-order valence-corrected chi connectivity index (χ1v) is 6.70. The number of nitrogens with one attached hydrogen (secondary N) is 1. The Morgan fingerprint density at radius 2 is 2.18 bits per heavy atom. The number of benzene rings is 1. The molecule has 0 saturated heterocycles. The molecule has 7 heteroatoms. The maximum absolute atomic E-state index is 12.9. The van der Waals surface area contributed by atoms with E-state index >= 15 is 0 Å². The minimum absolute atomic E-state index is 0.0767. The van der Waals surface area contributed by atoms with Crippen molar-refractivity contribution in [3.63, 3.8) is 0 Å². The zero-order chi connectivity index (χ0) is 13.1. The minimum Gasteiger partial charge on any atom is -0.380 e. The molecule has 0 saturated carbocycles. The molecular weight excluding hydrogens is 269 g/mol.